The van der Waals surface area contributed by atoms with E-state index >= 15 is 0 Å². The van der Waals surface area contributed by atoms with Crippen molar-refractivity contribution in [3.05, 3.63) is 47.5 Å². The number of nitrogens with one attached hydrogen (secondary N) is 1. The summed E-state index contributed by atoms with van der Waals surface area (Å²) in [4.78, 5) is 4.00. The van der Waals surface area contributed by atoms with Crippen molar-refractivity contribution in [1.29, 1.82) is 10.5 Å². The first-order valence-electron chi connectivity index (χ1n) is 6.13. The molecule has 0 fully saturated rings. The van der Waals surface area contributed by atoms with E-state index in [0.717, 1.165) is 6.07 Å². The summed E-state index contributed by atoms with van der Waals surface area (Å²) in [6.07, 6.45) is 1.36. The third-order valence-electron chi connectivity index (χ3n) is 2.91. The first-order valence-corrected chi connectivity index (χ1v) is 6.13. The number of halogens is 1. The molecule has 0 unspecified atom stereocenters. The van der Waals surface area contributed by atoms with Crippen molar-refractivity contribution in [3.8, 4) is 12.1 Å². The summed E-state index contributed by atoms with van der Waals surface area (Å²) in [6, 6.07) is 9.15. The lowest BCUT2D eigenvalue weighted by molar-refractivity contribution is 0.628. The Balaban J connectivity index is 2.06. The number of anilines is 3. The van der Waals surface area contributed by atoms with Crippen LogP contribution < -0.4 is 11.1 Å². The maximum absolute atomic E-state index is 13.4. The molecule has 0 aliphatic rings. The van der Waals surface area contributed by atoms with Gasteiger partial charge in [0.15, 0.2) is 17.2 Å². The normalized spacial score (nSPS) is 10.1. The van der Waals surface area contributed by atoms with E-state index in [0.29, 0.717) is 22.8 Å². The Morgan fingerprint density at radius 2 is 2.00 bits per heavy atom. The SMILES string of the molecule is N#Cc1cc(F)cc(Nc2cc(N)c3ncc(C#N)n3n2)c1. The van der Waals surface area contributed by atoms with Gasteiger partial charge >= 0.3 is 0 Å². The molecule has 3 aromatic rings. The second kappa shape index (κ2) is 5.04. The summed E-state index contributed by atoms with van der Waals surface area (Å²) in [7, 11) is 0. The number of nitrogen functional groups attached to an aromatic ring is 1. The molecule has 0 amide bonds. The van der Waals surface area contributed by atoms with E-state index in [1.807, 2.05) is 12.1 Å². The molecule has 106 valence electrons. The van der Waals surface area contributed by atoms with Crippen LogP contribution >= 0.6 is 0 Å². The van der Waals surface area contributed by atoms with Crippen LogP contribution in [0, 0.1) is 28.5 Å². The van der Waals surface area contributed by atoms with Crippen LogP contribution in [0.4, 0.5) is 21.6 Å². The van der Waals surface area contributed by atoms with Gasteiger partial charge in [-0.25, -0.2) is 9.37 Å². The van der Waals surface area contributed by atoms with Gasteiger partial charge in [-0.1, -0.05) is 0 Å². The van der Waals surface area contributed by atoms with Gasteiger partial charge in [0.25, 0.3) is 0 Å². The van der Waals surface area contributed by atoms with Gasteiger partial charge in [0.1, 0.15) is 11.9 Å². The van der Waals surface area contributed by atoms with Crippen molar-refractivity contribution < 1.29 is 4.39 Å². The maximum Gasteiger partial charge on any atom is 0.178 e. The molecule has 0 radical (unpaired) electrons. The average Bonchev–Trinajstić information content (AvgIpc) is 2.90. The van der Waals surface area contributed by atoms with Crippen molar-refractivity contribution in [2.75, 3.05) is 11.1 Å². The van der Waals surface area contributed by atoms with E-state index in [2.05, 4.69) is 15.4 Å². The van der Waals surface area contributed by atoms with Crippen molar-refractivity contribution in [2.45, 2.75) is 0 Å². The number of imidazole rings is 1. The number of hydrogen-bond donors (Lipinski definition) is 2. The Bertz CT molecular complexity index is 962. The highest BCUT2D eigenvalue weighted by molar-refractivity contribution is 5.70. The fourth-order valence-corrected chi connectivity index (χ4v) is 2.00. The molecule has 0 spiro atoms. The number of aromatic nitrogens is 3. The van der Waals surface area contributed by atoms with Crippen molar-refractivity contribution in [2.24, 2.45) is 0 Å². The Morgan fingerprint density at radius 1 is 1.18 bits per heavy atom. The number of benzene rings is 1. The third kappa shape index (κ3) is 2.25. The molecule has 3 rings (SSSR count). The van der Waals surface area contributed by atoms with Crippen LogP contribution in [0.25, 0.3) is 5.65 Å². The molecule has 2 heterocycles. The van der Waals surface area contributed by atoms with Crippen molar-refractivity contribution in [3.63, 3.8) is 0 Å². The molecule has 0 atom stereocenters. The van der Waals surface area contributed by atoms with E-state index in [4.69, 9.17) is 16.3 Å². The topological polar surface area (TPSA) is 116 Å². The third-order valence-corrected chi connectivity index (χ3v) is 2.91. The van der Waals surface area contributed by atoms with Crippen LogP contribution in [-0.2, 0) is 0 Å². The van der Waals surface area contributed by atoms with Crippen LogP contribution in [0.15, 0.2) is 30.5 Å². The summed E-state index contributed by atoms with van der Waals surface area (Å²) in [5.41, 5.74) is 7.29. The van der Waals surface area contributed by atoms with Gasteiger partial charge < -0.3 is 11.1 Å². The zero-order chi connectivity index (χ0) is 15.7. The molecule has 8 heteroatoms. The van der Waals surface area contributed by atoms with Gasteiger partial charge in [-0.2, -0.15) is 15.0 Å². The maximum atomic E-state index is 13.4. The van der Waals surface area contributed by atoms with Gasteiger partial charge in [0, 0.05) is 11.8 Å². The number of nitrogens with two attached hydrogens (primary N) is 1. The molecule has 1 aromatic carbocycles. The van der Waals surface area contributed by atoms with Crippen LogP contribution in [0.2, 0.25) is 0 Å². The van der Waals surface area contributed by atoms with E-state index in [-0.39, 0.29) is 11.3 Å². The summed E-state index contributed by atoms with van der Waals surface area (Å²) in [6.45, 7) is 0. The molecular formula is C14H8FN7. The Morgan fingerprint density at radius 3 is 2.73 bits per heavy atom. The largest absolute Gasteiger partial charge is 0.396 e. The molecule has 22 heavy (non-hydrogen) atoms. The summed E-state index contributed by atoms with van der Waals surface area (Å²) < 4.78 is 14.7. The molecule has 7 nitrogen and oxygen atoms in total. The predicted octanol–water partition coefficient (Wildman–Crippen LogP) is 1.94. The standard InChI is InChI=1S/C14H8FN7/c15-9-1-8(5-16)2-10(3-9)20-13-4-12(18)14-19-7-11(6-17)22(14)21-13/h1-4,7H,18H2,(H,20,21). The minimum Gasteiger partial charge on any atom is -0.396 e. The summed E-state index contributed by atoms with van der Waals surface area (Å²) in [5, 5.41) is 24.9. The van der Waals surface area contributed by atoms with Gasteiger partial charge in [0.05, 0.1) is 23.5 Å². The van der Waals surface area contributed by atoms with Gasteiger partial charge in [-0.05, 0) is 18.2 Å². The molecule has 0 saturated carbocycles. The van der Waals surface area contributed by atoms with Gasteiger partial charge in [0.2, 0.25) is 0 Å². The Kier molecular flexibility index (Phi) is 3.05. The first kappa shape index (κ1) is 13.3. The van der Waals surface area contributed by atoms with Gasteiger partial charge in [-0.15, -0.1) is 5.10 Å². The molecule has 2 aromatic heterocycles. The molecule has 0 aliphatic heterocycles. The lowest BCUT2D eigenvalue weighted by Crippen LogP contribution is -2.04. The number of rotatable bonds is 2. The van der Waals surface area contributed by atoms with E-state index < -0.39 is 5.82 Å². The molecule has 3 N–H and O–H groups in total. The fraction of sp³-hybridized carbons (Fsp3) is 0. The lowest BCUT2D eigenvalue weighted by Gasteiger charge is -2.08. The quantitative estimate of drug-likeness (QED) is 0.745. The monoisotopic (exact) mass is 293 g/mol. The van der Waals surface area contributed by atoms with Crippen molar-refractivity contribution >= 4 is 22.8 Å². The van der Waals surface area contributed by atoms with Crippen LogP contribution in [0.1, 0.15) is 11.3 Å². The highest BCUT2D eigenvalue weighted by Crippen LogP contribution is 2.21. The molecule has 0 saturated heterocycles. The number of nitrogens with zero attached hydrogens (tertiary/aromatic N) is 5. The lowest BCUT2D eigenvalue weighted by atomic mass is 10.2. The first-order chi connectivity index (χ1) is 10.6. The van der Waals surface area contributed by atoms with Crippen LogP contribution in [0.5, 0.6) is 0 Å². The molecule has 0 bridgehead atoms. The van der Waals surface area contributed by atoms with Gasteiger partial charge in [-0.3, -0.25) is 0 Å². The predicted molar refractivity (Wildman–Crippen MR) is 76.5 cm³/mol. The zero-order valence-electron chi connectivity index (χ0n) is 11.1. The Labute approximate surface area is 124 Å². The van der Waals surface area contributed by atoms with E-state index in [9.17, 15) is 4.39 Å². The highest BCUT2D eigenvalue weighted by atomic mass is 19.1. The minimum atomic E-state index is -0.545. The Hall–Kier alpha value is -3.65. The van der Waals surface area contributed by atoms with Crippen LogP contribution in [0.3, 0.4) is 0 Å². The van der Waals surface area contributed by atoms with E-state index in [1.165, 1.54) is 28.9 Å². The smallest absolute Gasteiger partial charge is 0.178 e. The molecule has 0 aliphatic carbocycles. The van der Waals surface area contributed by atoms with Crippen LogP contribution in [-0.4, -0.2) is 14.6 Å². The second-order valence-electron chi connectivity index (χ2n) is 4.44. The molecular weight excluding hydrogens is 285 g/mol. The number of fused-ring (bicyclic) bond motifs is 1. The highest BCUT2D eigenvalue weighted by Gasteiger charge is 2.10. The zero-order valence-corrected chi connectivity index (χ0v) is 11.1. The van der Waals surface area contributed by atoms with Crippen molar-refractivity contribution in [1.82, 2.24) is 14.6 Å². The summed E-state index contributed by atoms with van der Waals surface area (Å²) >= 11 is 0. The fourth-order valence-electron chi connectivity index (χ4n) is 2.00. The average molecular weight is 293 g/mol. The summed E-state index contributed by atoms with van der Waals surface area (Å²) in [5.74, 6) is -0.245. The minimum absolute atomic E-state index is 0.178. The number of hydrogen-bond acceptors (Lipinski definition) is 6. The number of nitriles is 2. The van der Waals surface area contributed by atoms with E-state index in [1.54, 1.807) is 0 Å². The second-order valence-corrected chi connectivity index (χ2v) is 4.44.